The molecule has 1 aliphatic rings. The Bertz CT molecular complexity index is 1190. The Morgan fingerprint density at radius 1 is 1.08 bits per heavy atom. The van der Waals surface area contributed by atoms with Crippen molar-refractivity contribution >= 4 is 31.2 Å². The molecular formula is C27H39N5O4Si. The molecule has 1 fully saturated rings. The molecule has 0 unspecified atom stereocenters. The van der Waals surface area contributed by atoms with E-state index in [0.29, 0.717) is 45.6 Å². The molecule has 0 radical (unpaired) electrons. The molecule has 2 aromatic heterocycles. The van der Waals surface area contributed by atoms with Gasteiger partial charge in [0.2, 0.25) is 8.32 Å². The number of aliphatic hydroxyl groups is 1. The summed E-state index contributed by atoms with van der Waals surface area (Å²) in [6.45, 7) is 15.3. The number of imidazole rings is 1. The van der Waals surface area contributed by atoms with Gasteiger partial charge in [-0.05, 0) is 35.2 Å². The van der Waals surface area contributed by atoms with Crippen LogP contribution in [0.2, 0.25) is 16.6 Å². The van der Waals surface area contributed by atoms with Gasteiger partial charge >= 0.3 is 0 Å². The fraction of sp³-hybridized carbons (Fsp3) is 0.556. The van der Waals surface area contributed by atoms with Crippen LogP contribution in [0.3, 0.4) is 0 Å². The molecule has 10 heteroatoms. The van der Waals surface area contributed by atoms with Crippen molar-refractivity contribution in [2.75, 3.05) is 5.32 Å². The van der Waals surface area contributed by atoms with Crippen molar-refractivity contribution in [2.24, 2.45) is 0 Å². The number of hydrogen-bond acceptors (Lipinski definition) is 7. The van der Waals surface area contributed by atoms with Gasteiger partial charge in [0.15, 0.2) is 23.2 Å². The van der Waals surface area contributed by atoms with E-state index in [2.05, 4.69) is 61.8 Å². The van der Waals surface area contributed by atoms with Gasteiger partial charge < -0.3 is 19.6 Å². The van der Waals surface area contributed by atoms with Gasteiger partial charge in [-0.15, -0.1) is 0 Å². The van der Waals surface area contributed by atoms with E-state index in [9.17, 15) is 9.90 Å². The Morgan fingerprint density at radius 3 is 2.32 bits per heavy atom. The van der Waals surface area contributed by atoms with Crippen molar-refractivity contribution < 1.29 is 19.1 Å². The molecule has 3 aromatic rings. The van der Waals surface area contributed by atoms with Crippen LogP contribution in [-0.2, 0) is 9.16 Å². The topological polar surface area (TPSA) is 111 Å². The van der Waals surface area contributed by atoms with E-state index in [4.69, 9.17) is 9.16 Å². The van der Waals surface area contributed by atoms with Gasteiger partial charge in [-0.1, -0.05) is 66.7 Å². The zero-order chi connectivity index (χ0) is 26.9. The molecule has 3 heterocycles. The zero-order valence-electron chi connectivity index (χ0n) is 22.8. The Morgan fingerprint density at radius 2 is 1.73 bits per heavy atom. The number of aromatic nitrogens is 4. The van der Waals surface area contributed by atoms with Gasteiger partial charge in [0.25, 0.3) is 5.91 Å². The standard InChI is InChI=1S/C27H39N5O4Si/c1-8-20-22(33)23(36-37(16(2)3,17(4)5)18(6)7)27(35-20)32-15-30-21-24(28-14-29-25(21)32)31-26(34)19-12-10-9-11-13-19/h9-18,20,22-23,27,33H,8H2,1-7H3,(H,28,29,31,34)/t20-,22+,23-,27-/m1/s1. The monoisotopic (exact) mass is 525 g/mol. The van der Waals surface area contributed by atoms with Crippen LogP contribution in [0.4, 0.5) is 5.82 Å². The lowest BCUT2D eigenvalue weighted by molar-refractivity contribution is -0.0332. The largest absolute Gasteiger partial charge is 0.406 e. The second-order valence-corrected chi connectivity index (χ2v) is 16.1. The molecule has 0 aliphatic carbocycles. The summed E-state index contributed by atoms with van der Waals surface area (Å²) >= 11 is 0. The number of anilines is 1. The molecular weight excluding hydrogens is 486 g/mol. The first-order chi connectivity index (χ1) is 17.6. The molecule has 0 spiro atoms. The average Bonchev–Trinajstić information content (AvgIpc) is 3.43. The van der Waals surface area contributed by atoms with Crippen LogP contribution in [0, 0.1) is 0 Å². The molecule has 9 nitrogen and oxygen atoms in total. The second-order valence-electron chi connectivity index (χ2n) is 10.7. The first-order valence-electron chi connectivity index (χ1n) is 13.2. The second kappa shape index (κ2) is 11.0. The van der Waals surface area contributed by atoms with Crippen LogP contribution >= 0.6 is 0 Å². The molecule has 200 valence electrons. The summed E-state index contributed by atoms with van der Waals surface area (Å²) in [6.07, 6.45) is 1.34. The number of hydrogen-bond donors (Lipinski definition) is 2. The molecule has 1 aromatic carbocycles. The predicted octanol–water partition coefficient (Wildman–Crippen LogP) is 5.31. The number of fused-ring (bicyclic) bond motifs is 1. The maximum Gasteiger partial charge on any atom is 0.256 e. The number of aliphatic hydroxyl groups excluding tert-OH is 1. The number of nitrogens with one attached hydrogen (secondary N) is 1. The van der Waals surface area contributed by atoms with E-state index >= 15 is 0 Å². The SMILES string of the molecule is CC[C@H]1O[C@@H](n2cnc3c(NC(=O)c4ccccc4)ncnc32)[C@H](O[Si](C(C)C)(C(C)C)C(C)C)[C@H]1O. The maximum absolute atomic E-state index is 12.8. The summed E-state index contributed by atoms with van der Waals surface area (Å²) in [5.41, 5.74) is 2.52. The van der Waals surface area contributed by atoms with Crippen LogP contribution in [0.1, 0.15) is 71.5 Å². The number of amides is 1. The number of rotatable bonds is 9. The van der Waals surface area contributed by atoms with Crippen molar-refractivity contribution in [3.63, 3.8) is 0 Å². The lowest BCUT2D eigenvalue weighted by Crippen LogP contribution is -2.53. The summed E-state index contributed by atoms with van der Waals surface area (Å²) in [5, 5.41) is 14.2. The highest BCUT2D eigenvalue weighted by Gasteiger charge is 2.53. The summed E-state index contributed by atoms with van der Waals surface area (Å²) in [6, 6.07) is 8.94. The van der Waals surface area contributed by atoms with Crippen LogP contribution in [0.25, 0.3) is 11.2 Å². The van der Waals surface area contributed by atoms with E-state index in [0.717, 1.165) is 0 Å². The lowest BCUT2D eigenvalue weighted by atomic mass is 10.1. The van der Waals surface area contributed by atoms with Crippen LogP contribution in [0.15, 0.2) is 43.0 Å². The zero-order valence-corrected chi connectivity index (χ0v) is 23.8. The highest BCUT2D eigenvalue weighted by Crippen LogP contribution is 2.46. The Hall–Kier alpha value is -2.66. The number of ether oxygens (including phenoxy) is 1. The van der Waals surface area contributed by atoms with Crippen molar-refractivity contribution in [3.8, 4) is 0 Å². The quantitative estimate of drug-likeness (QED) is 0.364. The van der Waals surface area contributed by atoms with Crippen LogP contribution < -0.4 is 5.32 Å². The van der Waals surface area contributed by atoms with Crippen LogP contribution in [-0.4, -0.2) is 57.2 Å². The fourth-order valence-corrected chi connectivity index (χ4v) is 11.5. The molecule has 4 rings (SSSR count). The Labute approximate surface area is 219 Å². The highest BCUT2D eigenvalue weighted by molar-refractivity contribution is 6.77. The molecule has 1 amide bonds. The normalized spacial score (nSPS) is 22.5. The van der Waals surface area contributed by atoms with Crippen molar-refractivity contribution in [2.45, 2.75) is 96.1 Å². The smallest absolute Gasteiger partial charge is 0.256 e. The summed E-state index contributed by atoms with van der Waals surface area (Å²) in [4.78, 5) is 26.0. The van der Waals surface area contributed by atoms with Gasteiger partial charge in [-0.3, -0.25) is 9.36 Å². The van der Waals surface area contributed by atoms with Gasteiger partial charge in [0.1, 0.15) is 18.5 Å². The highest BCUT2D eigenvalue weighted by atomic mass is 28.4. The predicted molar refractivity (Wildman–Crippen MR) is 146 cm³/mol. The molecule has 2 N–H and O–H groups in total. The number of benzene rings is 1. The van der Waals surface area contributed by atoms with Crippen molar-refractivity contribution in [1.29, 1.82) is 0 Å². The van der Waals surface area contributed by atoms with Gasteiger partial charge in [-0.2, -0.15) is 0 Å². The average molecular weight is 526 g/mol. The minimum Gasteiger partial charge on any atom is -0.406 e. The van der Waals surface area contributed by atoms with E-state index in [1.165, 1.54) is 6.33 Å². The summed E-state index contributed by atoms with van der Waals surface area (Å²) in [5.74, 6) is 0.0347. The first-order valence-corrected chi connectivity index (χ1v) is 15.3. The molecule has 4 atom stereocenters. The van der Waals surface area contributed by atoms with E-state index in [1.54, 1.807) is 35.2 Å². The molecule has 1 saturated heterocycles. The van der Waals surface area contributed by atoms with Crippen LogP contribution in [0.5, 0.6) is 0 Å². The third-order valence-corrected chi connectivity index (χ3v) is 13.8. The van der Waals surface area contributed by atoms with Gasteiger partial charge in [0.05, 0.1) is 12.4 Å². The Balaban J connectivity index is 1.72. The number of carbonyl (C=O) groups is 1. The molecule has 1 aliphatic heterocycles. The van der Waals surface area contributed by atoms with Gasteiger partial charge in [-0.25, -0.2) is 15.0 Å². The van der Waals surface area contributed by atoms with E-state index < -0.39 is 26.8 Å². The van der Waals surface area contributed by atoms with E-state index in [-0.39, 0.29) is 12.0 Å². The van der Waals surface area contributed by atoms with E-state index in [1.807, 2.05) is 13.0 Å². The third kappa shape index (κ3) is 4.95. The van der Waals surface area contributed by atoms with Gasteiger partial charge in [0, 0.05) is 5.56 Å². The number of nitrogens with zero attached hydrogens (tertiary/aromatic N) is 4. The Kier molecular flexibility index (Phi) is 8.13. The lowest BCUT2D eigenvalue weighted by Gasteiger charge is -2.45. The molecule has 0 bridgehead atoms. The number of carbonyl (C=O) groups excluding carboxylic acids is 1. The summed E-state index contributed by atoms with van der Waals surface area (Å²) in [7, 11) is -2.33. The third-order valence-electron chi connectivity index (χ3n) is 7.66. The summed E-state index contributed by atoms with van der Waals surface area (Å²) < 4.78 is 15.3. The molecule has 0 saturated carbocycles. The first kappa shape index (κ1) is 27.4. The maximum atomic E-state index is 12.8. The van der Waals surface area contributed by atoms with Crippen molar-refractivity contribution in [1.82, 2.24) is 19.5 Å². The minimum atomic E-state index is -2.33. The van der Waals surface area contributed by atoms with Crippen molar-refractivity contribution in [3.05, 3.63) is 48.5 Å². The fourth-order valence-electron chi connectivity index (χ4n) is 5.95. The minimum absolute atomic E-state index is 0.281. The molecule has 37 heavy (non-hydrogen) atoms.